The minimum Gasteiger partial charge on any atom is -0.508 e. The Morgan fingerprint density at radius 1 is 1.04 bits per heavy atom. The molecule has 0 unspecified atom stereocenters. The normalized spacial score (nSPS) is 18.0. The summed E-state index contributed by atoms with van der Waals surface area (Å²) in [5, 5.41) is 24.5. The highest BCUT2D eigenvalue weighted by Crippen LogP contribution is 2.30. The Bertz CT molecular complexity index is 1850. The van der Waals surface area contributed by atoms with Crippen molar-refractivity contribution in [3.05, 3.63) is 102 Å². The van der Waals surface area contributed by atoms with Gasteiger partial charge in [-0.25, -0.2) is 19.5 Å². The van der Waals surface area contributed by atoms with E-state index in [9.17, 15) is 24.3 Å². The summed E-state index contributed by atoms with van der Waals surface area (Å²) in [5.41, 5.74) is 3.45. The molecule has 14 heteroatoms. The van der Waals surface area contributed by atoms with E-state index in [1.165, 1.54) is 26.7 Å². The quantitative estimate of drug-likeness (QED) is 0.182. The second-order valence-corrected chi connectivity index (χ2v) is 11.8. The molecule has 2 N–H and O–H groups in total. The van der Waals surface area contributed by atoms with Crippen molar-refractivity contribution in [2.75, 3.05) is 26.2 Å². The van der Waals surface area contributed by atoms with Crippen LogP contribution in [0.2, 0.25) is 0 Å². The first-order valence-electron chi connectivity index (χ1n) is 16.1. The second-order valence-electron chi connectivity index (χ2n) is 11.8. The number of ether oxygens (including phenoxy) is 1. The van der Waals surface area contributed by atoms with Crippen LogP contribution < -0.4 is 5.32 Å². The van der Waals surface area contributed by atoms with Crippen LogP contribution in [0.15, 0.2) is 85.5 Å². The van der Waals surface area contributed by atoms with Crippen LogP contribution >= 0.6 is 0 Å². The van der Waals surface area contributed by atoms with Crippen LogP contribution in [0.1, 0.15) is 23.6 Å². The number of carbonyl (C=O) groups is 4. The molecule has 3 heterocycles. The number of nitrogens with one attached hydrogen (secondary N) is 1. The van der Waals surface area contributed by atoms with E-state index in [4.69, 9.17) is 4.74 Å². The van der Waals surface area contributed by atoms with Gasteiger partial charge in [0.15, 0.2) is 0 Å². The van der Waals surface area contributed by atoms with Crippen LogP contribution in [-0.2, 0) is 45.2 Å². The Labute approximate surface area is 283 Å². The molecule has 0 radical (unpaired) electrons. The molecule has 0 bridgehead atoms. The zero-order chi connectivity index (χ0) is 34.5. The zero-order valence-corrected chi connectivity index (χ0v) is 27.1. The van der Waals surface area contributed by atoms with E-state index in [2.05, 4.69) is 22.2 Å². The van der Waals surface area contributed by atoms with Crippen molar-refractivity contribution in [1.82, 2.24) is 40.1 Å². The number of benzene rings is 3. The molecule has 2 fully saturated rings. The Morgan fingerprint density at radius 3 is 2.55 bits per heavy atom. The molecule has 2 aliphatic heterocycles. The first kappa shape index (κ1) is 33.2. The first-order valence-corrected chi connectivity index (χ1v) is 16.1. The second kappa shape index (κ2) is 14.6. The van der Waals surface area contributed by atoms with Crippen LogP contribution in [0.3, 0.4) is 0 Å². The van der Waals surface area contributed by atoms with Gasteiger partial charge >= 0.3 is 12.0 Å². The number of aromatic hydroxyl groups is 1. The molecule has 0 spiro atoms. The van der Waals surface area contributed by atoms with Gasteiger partial charge in [-0.2, -0.15) is 0 Å². The summed E-state index contributed by atoms with van der Waals surface area (Å²) >= 11 is 0. The molecule has 49 heavy (non-hydrogen) atoms. The predicted octanol–water partition coefficient (Wildman–Crippen LogP) is 2.44. The van der Waals surface area contributed by atoms with Gasteiger partial charge in [0.1, 0.15) is 30.0 Å². The SMILES string of the molecule is C=CCN1CC(=O)N2[C@@H](Cc3ccc(O)cc3)C(=O)N(Cc3cccc4c3nnn4CC(=O)OCC)C[C@@H]2N1C(=O)NCc1ccccc1. The minimum absolute atomic E-state index is 0.0242. The molecule has 14 nitrogen and oxygen atoms in total. The molecule has 0 saturated carbocycles. The highest BCUT2D eigenvalue weighted by atomic mass is 16.5. The lowest BCUT2D eigenvalue weighted by molar-refractivity contribution is -0.189. The molecule has 0 aliphatic carbocycles. The molecule has 2 saturated heterocycles. The molecule has 3 aromatic carbocycles. The highest BCUT2D eigenvalue weighted by molar-refractivity contribution is 5.92. The van der Waals surface area contributed by atoms with Crippen molar-refractivity contribution >= 4 is 34.8 Å². The summed E-state index contributed by atoms with van der Waals surface area (Å²) in [7, 11) is 0. The van der Waals surface area contributed by atoms with Gasteiger partial charge in [0, 0.05) is 31.6 Å². The van der Waals surface area contributed by atoms with Crippen molar-refractivity contribution in [2.45, 2.75) is 45.2 Å². The van der Waals surface area contributed by atoms with E-state index < -0.39 is 24.2 Å². The van der Waals surface area contributed by atoms with Crippen LogP contribution in [0.4, 0.5) is 4.79 Å². The number of phenolic OH excluding ortho intramolecular Hbond substituents is 1. The number of urea groups is 1. The van der Waals surface area contributed by atoms with Gasteiger partial charge in [0.05, 0.1) is 25.2 Å². The lowest BCUT2D eigenvalue weighted by Gasteiger charge is -2.55. The number of hydrazine groups is 1. The number of aromatic nitrogens is 3. The summed E-state index contributed by atoms with van der Waals surface area (Å²) in [6.07, 6.45) is 0.953. The number of piperazine rings is 1. The molecule has 4 amide bonds. The van der Waals surface area contributed by atoms with Crippen molar-refractivity contribution in [3.8, 4) is 5.75 Å². The van der Waals surface area contributed by atoms with E-state index in [1.807, 2.05) is 36.4 Å². The topological polar surface area (TPSA) is 153 Å². The molecular formula is C35H38N8O6. The van der Waals surface area contributed by atoms with Crippen LogP contribution in [-0.4, -0.2) is 102 Å². The summed E-state index contributed by atoms with van der Waals surface area (Å²) in [4.78, 5) is 57.6. The van der Waals surface area contributed by atoms with Crippen LogP contribution in [0, 0.1) is 0 Å². The molecule has 254 valence electrons. The fraction of sp³-hybridized carbons (Fsp3) is 0.314. The summed E-state index contributed by atoms with van der Waals surface area (Å²) in [5.74, 6) is -0.951. The van der Waals surface area contributed by atoms with Crippen molar-refractivity contribution in [1.29, 1.82) is 0 Å². The maximum absolute atomic E-state index is 14.4. The Hall–Kier alpha value is -5.76. The Kier molecular flexibility index (Phi) is 9.85. The number of nitrogens with zero attached hydrogens (tertiary/aromatic N) is 7. The number of esters is 1. The highest BCUT2D eigenvalue weighted by Gasteiger charge is 2.51. The average molecular weight is 667 g/mol. The average Bonchev–Trinajstić information content (AvgIpc) is 3.50. The van der Waals surface area contributed by atoms with Crippen molar-refractivity contribution in [2.24, 2.45) is 0 Å². The number of phenols is 1. The monoisotopic (exact) mass is 666 g/mol. The van der Waals surface area contributed by atoms with Gasteiger partial charge in [-0.15, -0.1) is 11.7 Å². The molecule has 6 rings (SSSR count). The lowest BCUT2D eigenvalue weighted by Crippen LogP contribution is -2.76. The standard InChI is InChI=1S/C35H38N8O6/c1-3-17-40-22-31(45)42-29(18-24-13-15-27(44)16-14-24)34(47)39(21-30(42)43(40)35(48)36-19-25-9-6-5-7-10-25)20-26-11-8-12-28-33(26)37-38-41(28)23-32(46)49-4-2/h3,5-16,29-30,44H,1,4,17-23H2,2H3,(H,36,48)/t29-,30-/m0/s1. The molecule has 2 aliphatic rings. The first-order chi connectivity index (χ1) is 23.8. The fourth-order valence-electron chi connectivity index (χ4n) is 6.38. The maximum atomic E-state index is 14.4. The third-order valence-electron chi connectivity index (χ3n) is 8.60. The molecule has 4 aromatic rings. The van der Waals surface area contributed by atoms with Crippen molar-refractivity contribution in [3.63, 3.8) is 0 Å². The Morgan fingerprint density at radius 2 is 1.82 bits per heavy atom. The van der Waals surface area contributed by atoms with Crippen LogP contribution in [0.25, 0.3) is 11.0 Å². The van der Waals surface area contributed by atoms with Gasteiger partial charge in [0.25, 0.3) is 0 Å². The number of amides is 4. The number of fused-ring (bicyclic) bond motifs is 2. The van der Waals surface area contributed by atoms with E-state index in [0.29, 0.717) is 16.6 Å². The number of hydrogen-bond donors (Lipinski definition) is 2. The van der Waals surface area contributed by atoms with E-state index in [-0.39, 0.29) is 69.9 Å². The van der Waals surface area contributed by atoms with Gasteiger partial charge in [-0.1, -0.05) is 65.9 Å². The summed E-state index contributed by atoms with van der Waals surface area (Å²) < 4.78 is 6.53. The molecular weight excluding hydrogens is 628 g/mol. The number of hydrogen-bond acceptors (Lipinski definition) is 9. The maximum Gasteiger partial charge on any atom is 0.334 e. The van der Waals surface area contributed by atoms with Crippen molar-refractivity contribution < 1.29 is 29.0 Å². The van der Waals surface area contributed by atoms with E-state index >= 15 is 0 Å². The summed E-state index contributed by atoms with van der Waals surface area (Å²) in [6, 6.07) is 20.0. The number of carbonyl (C=O) groups excluding carboxylic acids is 4. The molecule has 1 aromatic heterocycles. The minimum atomic E-state index is -0.940. The summed E-state index contributed by atoms with van der Waals surface area (Å²) in [6.45, 7) is 6.20. The Balaban J connectivity index is 1.35. The zero-order valence-electron chi connectivity index (χ0n) is 27.1. The lowest BCUT2D eigenvalue weighted by atomic mass is 9.98. The van der Waals surface area contributed by atoms with Crippen LogP contribution in [0.5, 0.6) is 5.75 Å². The van der Waals surface area contributed by atoms with Gasteiger partial charge < -0.3 is 25.0 Å². The number of rotatable bonds is 11. The third-order valence-corrected chi connectivity index (χ3v) is 8.60. The largest absolute Gasteiger partial charge is 0.508 e. The van der Waals surface area contributed by atoms with E-state index in [1.54, 1.807) is 47.2 Å². The van der Waals surface area contributed by atoms with Gasteiger partial charge in [-0.3, -0.25) is 14.4 Å². The third kappa shape index (κ3) is 7.09. The van der Waals surface area contributed by atoms with Gasteiger partial charge in [0.2, 0.25) is 11.8 Å². The molecule has 2 atom stereocenters. The van der Waals surface area contributed by atoms with E-state index in [0.717, 1.165) is 11.1 Å². The fourth-order valence-corrected chi connectivity index (χ4v) is 6.38. The van der Waals surface area contributed by atoms with Gasteiger partial charge in [-0.05, 0) is 36.2 Å². The predicted molar refractivity (Wildman–Crippen MR) is 178 cm³/mol. The smallest absolute Gasteiger partial charge is 0.334 e.